The van der Waals surface area contributed by atoms with Gasteiger partial charge >= 0.3 is 0 Å². The van der Waals surface area contributed by atoms with Crippen molar-refractivity contribution in [1.29, 1.82) is 0 Å². The summed E-state index contributed by atoms with van der Waals surface area (Å²) in [6, 6.07) is 8.71. The molecule has 1 aliphatic carbocycles. The molecular weight excluding hydrogens is 172 g/mol. The van der Waals surface area contributed by atoms with Crippen LogP contribution in [0.15, 0.2) is 24.3 Å². The van der Waals surface area contributed by atoms with E-state index in [1.807, 2.05) is 0 Å². The Morgan fingerprint density at radius 1 is 1.21 bits per heavy atom. The molecule has 1 fully saturated rings. The van der Waals surface area contributed by atoms with Crippen molar-refractivity contribution in [3.63, 3.8) is 0 Å². The van der Waals surface area contributed by atoms with Crippen LogP contribution in [0.3, 0.4) is 0 Å². The number of benzene rings is 1. The molecule has 0 aromatic heterocycles. The Morgan fingerprint density at radius 3 is 2.14 bits per heavy atom. The lowest BCUT2D eigenvalue weighted by Crippen LogP contribution is -2.27. The van der Waals surface area contributed by atoms with E-state index in [1.54, 1.807) is 0 Å². The second kappa shape index (κ2) is 3.37. The van der Waals surface area contributed by atoms with Crippen LogP contribution >= 0.6 is 0 Å². The quantitative estimate of drug-likeness (QED) is 0.786. The number of hydrogen-bond acceptors (Lipinski definition) is 2. The smallest absolute Gasteiger partial charge is 0.0456 e. The maximum absolute atomic E-state index is 5.57. The lowest BCUT2D eigenvalue weighted by molar-refractivity contribution is 0.275. The van der Waals surface area contributed by atoms with Crippen molar-refractivity contribution >= 4 is 0 Å². The Balaban J connectivity index is 2.25. The average molecular weight is 190 g/mol. The minimum atomic E-state index is 0.327. The Kier molecular flexibility index (Phi) is 2.33. The maximum atomic E-state index is 5.57. The second-order valence-corrected chi connectivity index (χ2v) is 4.33. The first-order chi connectivity index (χ1) is 6.69. The first kappa shape index (κ1) is 9.69. The van der Waals surface area contributed by atoms with Gasteiger partial charge in [-0.25, -0.2) is 0 Å². The highest BCUT2D eigenvalue weighted by Crippen LogP contribution is 2.49. The lowest BCUT2D eigenvalue weighted by atomic mass is 10.0. The van der Waals surface area contributed by atoms with Crippen LogP contribution in [0, 0.1) is 0 Å². The summed E-state index contributed by atoms with van der Waals surface area (Å²) in [7, 11) is 4.31. The van der Waals surface area contributed by atoms with Gasteiger partial charge in [-0.05, 0) is 38.1 Å². The Labute approximate surface area is 85.7 Å². The first-order valence-corrected chi connectivity index (χ1v) is 5.16. The standard InChI is InChI=1S/C12H18N2/c1-14(2)12(7-8-12)11-5-3-10(9-13)4-6-11/h3-6H,7-9,13H2,1-2H3. The van der Waals surface area contributed by atoms with E-state index in [0.717, 1.165) is 0 Å². The van der Waals surface area contributed by atoms with E-state index in [-0.39, 0.29) is 0 Å². The molecule has 0 bridgehead atoms. The topological polar surface area (TPSA) is 29.3 Å². The van der Waals surface area contributed by atoms with E-state index in [2.05, 4.69) is 43.3 Å². The predicted octanol–water partition coefficient (Wildman–Crippen LogP) is 1.70. The van der Waals surface area contributed by atoms with E-state index in [4.69, 9.17) is 5.73 Å². The third kappa shape index (κ3) is 1.45. The largest absolute Gasteiger partial charge is 0.326 e. The van der Waals surface area contributed by atoms with Crippen molar-refractivity contribution in [2.24, 2.45) is 5.73 Å². The van der Waals surface area contributed by atoms with Crippen molar-refractivity contribution < 1.29 is 0 Å². The molecule has 2 heteroatoms. The van der Waals surface area contributed by atoms with E-state index in [0.29, 0.717) is 12.1 Å². The van der Waals surface area contributed by atoms with Gasteiger partial charge in [-0.3, -0.25) is 4.90 Å². The van der Waals surface area contributed by atoms with E-state index in [9.17, 15) is 0 Å². The van der Waals surface area contributed by atoms with E-state index >= 15 is 0 Å². The second-order valence-electron chi connectivity index (χ2n) is 4.33. The number of rotatable bonds is 3. The van der Waals surface area contributed by atoms with Crippen molar-refractivity contribution in [2.45, 2.75) is 24.9 Å². The van der Waals surface area contributed by atoms with Crippen LogP contribution in [0.2, 0.25) is 0 Å². The van der Waals surface area contributed by atoms with Crippen molar-refractivity contribution in [3.8, 4) is 0 Å². The zero-order chi connectivity index (χ0) is 10.2. The molecule has 0 amide bonds. The molecule has 1 aromatic carbocycles. The van der Waals surface area contributed by atoms with Crippen LogP contribution in [0.4, 0.5) is 0 Å². The van der Waals surface area contributed by atoms with Gasteiger partial charge in [-0.15, -0.1) is 0 Å². The fourth-order valence-electron chi connectivity index (χ4n) is 2.06. The number of nitrogens with zero attached hydrogens (tertiary/aromatic N) is 1. The molecule has 0 unspecified atom stereocenters. The molecule has 1 saturated carbocycles. The third-order valence-corrected chi connectivity index (χ3v) is 3.31. The van der Waals surface area contributed by atoms with Gasteiger partial charge in [0.25, 0.3) is 0 Å². The molecule has 1 aliphatic rings. The zero-order valence-electron chi connectivity index (χ0n) is 8.96. The first-order valence-electron chi connectivity index (χ1n) is 5.16. The molecular formula is C12H18N2. The fourth-order valence-corrected chi connectivity index (χ4v) is 2.06. The number of nitrogens with two attached hydrogens (primary N) is 1. The van der Waals surface area contributed by atoms with Crippen LogP contribution in [0.1, 0.15) is 24.0 Å². The highest BCUT2D eigenvalue weighted by atomic mass is 15.2. The predicted molar refractivity (Wildman–Crippen MR) is 58.9 cm³/mol. The molecule has 14 heavy (non-hydrogen) atoms. The van der Waals surface area contributed by atoms with Gasteiger partial charge in [0, 0.05) is 12.1 Å². The Bertz CT molecular complexity index is 310. The minimum absolute atomic E-state index is 0.327. The fraction of sp³-hybridized carbons (Fsp3) is 0.500. The van der Waals surface area contributed by atoms with Crippen molar-refractivity contribution in [3.05, 3.63) is 35.4 Å². The molecule has 2 N–H and O–H groups in total. The molecule has 0 atom stereocenters. The van der Waals surface area contributed by atoms with Crippen molar-refractivity contribution in [2.75, 3.05) is 14.1 Å². The summed E-state index contributed by atoms with van der Waals surface area (Å²) < 4.78 is 0. The normalized spacial score (nSPS) is 18.6. The monoisotopic (exact) mass is 190 g/mol. The highest BCUT2D eigenvalue weighted by Gasteiger charge is 2.46. The highest BCUT2D eigenvalue weighted by molar-refractivity contribution is 5.32. The summed E-state index contributed by atoms with van der Waals surface area (Å²) in [5.74, 6) is 0. The summed E-state index contributed by atoms with van der Waals surface area (Å²) in [6.07, 6.45) is 2.56. The summed E-state index contributed by atoms with van der Waals surface area (Å²) in [6.45, 7) is 0.634. The summed E-state index contributed by atoms with van der Waals surface area (Å²) in [4.78, 5) is 2.32. The van der Waals surface area contributed by atoms with Gasteiger partial charge in [0.1, 0.15) is 0 Å². The molecule has 2 rings (SSSR count). The van der Waals surface area contributed by atoms with Gasteiger partial charge in [0.15, 0.2) is 0 Å². The van der Waals surface area contributed by atoms with E-state index in [1.165, 1.54) is 24.0 Å². The molecule has 0 saturated heterocycles. The van der Waals surface area contributed by atoms with Crippen LogP contribution in [0.25, 0.3) is 0 Å². The summed E-state index contributed by atoms with van der Waals surface area (Å²) >= 11 is 0. The summed E-state index contributed by atoms with van der Waals surface area (Å²) in [5, 5.41) is 0. The van der Waals surface area contributed by atoms with Gasteiger partial charge in [0.2, 0.25) is 0 Å². The van der Waals surface area contributed by atoms with Crippen molar-refractivity contribution in [1.82, 2.24) is 4.90 Å². The molecule has 2 nitrogen and oxygen atoms in total. The molecule has 0 radical (unpaired) electrons. The van der Waals surface area contributed by atoms with Gasteiger partial charge in [-0.1, -0.05) is 24.3 Å². The minimum Gasteiger partial charge on any atom is -0.326 e. The van der Waals surface area contributed by atoms with Gasteiger partial charge < -0.3 is 5.73 Å². The van der Waals surface area contributed by atoms with Crippen LogP contribution in [-0.2, 0) is 12.1 Å². The average Bonchev–Trinajstić information content (AvgIpc) is 2.99. The molecule has 1 aromatic rings. The molecule has 0 spiro atoms. The summed E-state index contributed by atoms with van der Waals surface area (Å²) in [5.41, 5.74) is 8.54. The molecule has 0 aliphatic heterocycles. The SMILES string of the molecule is CN(C)C1(c2ccc(CN)cc2)CC1. The zero-order valence-corrected chi connectivity index (χ0v) is 8.96. The molecule has 76 valence electrons. The van der Waals surface area contributed by atoms with Gasteiger partial charge in [0.05, 0.1) is 0 Å². The van der Waals surface area contributed by atoms with E-state index < -0.39 is 0 Å². The molecule has 0 heterocycles. The third-order valence-electron chi connectivity index (χ3n) is 3.31. The lowest BCUT2D eigenvalue weighted by Gasteiger charge is -2.24. The van der Waals surface area contributed by atoms with Crippen LogP contribution in [0.5, 0.6) is 0 Å². The Hall–Kier alpha value is -0.860. The van der Waals surface area contributed by atoms with Crippen LogP contribution < -0.4 is 5.73 Å². The van der Waals surface area contributed by atoms with Gasteiger partial charge in [-0.2, -0.15) is 0 Å². The number of hydrogen-bond donors (Lipinski definition) is 1. The van der Waals surface area contributed by atoms with Crippen LogP contribution in [-0.4, -0.2) is 19.0 Å². The Morgan fingerprint density at radius 2 is 1.79 bits per heavy atom. The maximum Gasteiger partial charge on any atom is 0.0456 e.